The number of fused-ring (bicyclic) bond motifs is 8. The third-order valence-corrected chi connectivity index (χ3v) is 9.01. The maximum atomic E-state index is 6.27. The van der Waals surface area contributed by atoms with Gasteiger partial charge < -0.3 is 15.3 Å². The molecule has 0 unspecified atom stereocenters. The number of nitrogens with zero attached hydrogens (tertiary/aromatic N) is 3. The van der Waals surface area contributed by atoms with Crippen LogP contribution in [0.15, 0.2) is 146 Å². The molecule has 2 aliphatic rings. The number of aromatic amines is 1. The molecule has 7 aromatic rings. The number of benzene rings is 4. The molecule has 0 amide bonds. The summed E-state index contributed by atoms with van der Waals surface area (Å²) < 4.78 is 2.38. The van der Waals surface area contributed by atoms with Crippen molar-refractivity contribution < 1.29 is 17.1 Å². The minimum atomic E-state index is 0. The topological polar surface area (TPSA) is 72.5 Å². The van der Waals surface area contributed by atoms with E-state index in [2.05, 4.69) is 167 Å². The molecule has 2 aliphatic heterocycles. The predicted molar refractivity (Wildman–Crippen MR) is 205 cm³/mol. The van der Waals surface area contributed by atoms with Gasteiger partial charge in [-0.1, -0.05) is 91.0 Å². The molecule has 0 fully saturated rings. The normalized spacial score (nSPS) is 11.8. The number of aromatic nitrogens is 4. The number of H-pyrrole nitrogens is 1. The Bertz CT molecular complexity index is 2580. The number of para-hydroxylation sites is 1. The number of hydrogen-bond donors (Lipinski definition) is 2. The second-order valence-corrected chi connectivity index (χ2v) is 12.2. The van der Waals surface area contributed by atoms with Crippen LogP contribution in [0.25, 0.3) is 85.4 Å². The van der Waals surface area contributed by atoms with Crippen LogP contribution in [0.5, 0.6) is 0 Å². The quantitative estimate of drug-likeness (QED) is 0.143. The summed E-state index contributed by atoms with van der Waals surface area (Å²) in [5.41, 5.74) is 22.0. The van der Waals surface area contributed by atoms with Crippen molar-refractivity contribution in [3.8, 4) is 39.1 Å². The van der Waals surface area contributed by atoms with E-state index in [-0.39, 0.29) is 17.1 Å². The molecule has 240 valence electrons. The molecule has 3 N–H and O–H groups in total. The Morgan fingerprint density at radius 1 is 0.480 bits per heavy atom. The standard InChI is InChI=1S/C44H31N5.Fe/c45-32-18-16-31(17-19-32)41-39-25-24-36(48-39)27-35-21-20-33(46-35)26-34-22-23-37(47-34)28-40-42(29-10-4-1-5-11-29)43(30-12-6-2-7-13-30)44(41)49(40)38-14-8-3-9-15-38;/h1-28,46H,45H2;. The van der Waals surface area contributed by atoms with E-state index in [9.17, 15) is 0 Å². The Balaban J connectivity index is 0.00000361. The molecule has 5 nitrogen and oxygen atoms in total. The van der Waals surface area contributed by atoms with Gasteiger partial charge in [0.2, 0.25) is 0 Å². The Kier molecular flexibility index (Phi) is 8.09. The molecule has 5 heterocycles. The molecule has 0 radical (unpaired) electrons. The van der Waals surface area contributed by atoms with Crippen LogP contribution in [0, 0.1) is 0 Å². The minimum absolute atomic E-state index is 0. The van der Waals surface area contributed by atoms with E-state index < -0.39 is 0 Å². The first-order chi connectivity index (χ1) is 24.2. The van der Waals surface area contributed by atoms with Gasteiger partial charge in [0.1, 0.15) is 0 Å². The summed E-state index contributed by atoms with van der Waals surface area (Å²) in [5, 5.41) is 0. The molecule has 0 saturated heterocycles. The first kappa shape index (κ1) is 31.1. The van der Waals surface area contributed by atoms with Gasteiger partial charge in [-0.3, -0.25) is 0 Å². The van der Waals surface area contributed by atoms with E-state index in [0.29, 0.717) is 5.69 Å². The van der Waals surface area contributed by atoms with Gasteiger partial charge in [0.05, 0.1) is 33.8 Å². The number of nitrogen functional groups attached to an aromatic ring is 1. The zero-order chi connectivity index (χ0) is 32.7. The van der Waals surface area contributed by atoms with Gasteiger partial charge in [0.25, 0.3) is 0 Å². The maximum absolute atomic E-state index is 6.27. The second kappa shape index (κ2) is 13.0. The van der Waals surface area contributed by atoms with Crippen LogP contribution in [-0.4, -0.2) is 19.5 Å². The summed E-state index contributed by atoms with van der Waals surface area (Å²) in [4.78, 5) is 13.9. The average molecular weight is 686 g/mol. The summed E-state index contributed by atoms with van der Waals surface area (Å²) in [7, 11) is 0. The SMILES string of the molecule is Nc1ccc(-c2c3nc(cc4ccc(cc5nc(cc6c(-c7ccccc7)c(-c7ccccc7)c2n6-c2ccccc2)C=C5)[nH]4)C=C3)cc1.[Fe]. The van der Waals surface area contributed by atoms with Gasteiger partial charge in [0.15, 0.2) is 0 Å². The molecular formula is C44H31FeN5. The van der Waals surface area contributed by atoms with Crippen LogP contribution in [0.4, 0.5) is 5.69 Å². The molecular weight excluding hydrogens is 654 g/mol. The number of rotatable bonds is 4. The van der Waals surface area contributed by atoms with Crippen LogP contribution in [0.2, 0.25) is 0 Å². The monoisotopic (exact) mass is 685 g/mol. The molecule has 9 rings (SSSR count). The van der Waals surface area contributed by atoms with Crippen LogP contribution in [0.1, 0.15) is 22.8 Å². The van der Waals surface area contributed by atoms with Crippen molar-refractivity contribution in [3.63, 3.8) is 0 Å². The Labute approximate surface area is 300 Å². The average Bonchev–Trinajstić information content (AvgIpc) is 3.95. The zero-order valence-electron chi connectivity index (χ0n) is 26.9. The van der Waals surface area contributed by atoms with Gasteiger partial charge in [-0.15, -0.1) is 0 Å². The predicted octanol–water partition coefficient (Wildman–Crippen LogP) is 10.7. The molecule has 0 spiro atoms. The van der Waals surface area contributed by atoms with Crippen molar-refractivity contribution in [2.24, 2.45) is 0 Å². The number of nitrogens with two attached hydrogens (primary N) is 1. The molecule has 50 heavy (non-hydrogen) atoms. The fourth-order valence-corrected chi connectivity index (χ4v) is 6.86. The molecule has 4 aromatic carbocycles. The molecule has 0 atom stereocenters. The van der Waals surface area contributed by atoms with Crippen LogP contribution >= 0.6 is 0 Å². The molecule has 0 saturated carbocycles. The molecule has 8 bridgehead atoms. The fraction of sp³-hybridized carbons (Fsp3) is 0. The van der Waals surface area contributed by atoms with E-state index in [1.54, 1.807) is 0 Å². The van der Waals surface area contributed by atoms with Crippen molar-refractivity contribution in [2.75, 3.05) is 5.73 Å². The first-order valence-corrected chi connectivity index (χ1v) is 16.4. The first-order valence-electron chi connectivity index (χ1n) is 16.4. The summed E-state index contributed by atoms with van der Waals surface area (Å²) in [6.45, 7) is 0. The maximum Gasteiger partial charge on any atom is 0.0737 e. The number of hydrogen-bond acceptors (Lipinski definition) is 3. The van der Waals surface area contributed by atoms with Gasteiger partial charge in [0, 0.05) is 56.2 Å². The van der Waals surface area contributed by atoms with E-state index >= 15 is 0 Å². The number of nitrogens with one attached hydrogen (secondary N) is 1. The summed E-state index contributed by atoms with van der Waals surface area (Å²) in [6.07, 6.45) is 8.37. The third kappa shape index (κ3) is 5.67. The Hall–Kier alpha value is -6.20. The zero-order valence-corrected chi connectivity index (χ0v) is 28.0. The second-order valence-electron chi connectivity index (χ2n) is 12.2. The van der Waals surface area contributed by atoms with E-state index in [4.69, 9.17) is 15.7 Å². The fourth-order valence-electron chi connectivity index (χ4n) is 6.86. The smallest absolute Gasteiger partial charge is 0.0737 e. The molecule has 0 aliphatic carbocycles. The molecule has 3 aromatic heterocycles. The van der Waals surface area contributed by atoms with E-state index in [1.165, 1.54) is 0 Å². The van der Waals surface area contributed by atoms with E-state index in [1.807, 2.05) is 12.1 Å². The minimum Gasteiger partial charge on any atom is -0.399 e. The van der Waals surface area contributed by atoms with Crippen LogP contribution < -0.4 is 5.73 Å². The number of anilines is 1. The largest absolute Gasteiger partial charge is 0.399 e. The molecule has 6 heteroatoms. The van der Waals surface area contributed by atoms with Crippen molar-refractivity contribution >= 4 is 52.1 Å². The van der Waals surface area contributed by atoms with Gasteiger partial charge in [-0.25, -0.2) is 9.97 Å². The van der Waals surface area contributed by atoms with Crippen molar-refractivity contribution in [1.29, 1.82) is 0 Å². The van der Waals surface area contributed by atoms with Gasteiger partial charge >= 0.3 is 0 Å². The third-order valence-electron chi connectivity index (χ3n) is 9.01. The van der Waals surface area contributed by atoms with Crippen molar-refractivity contribution in [3.05, 3.63) is 168 Å². The van der Waals surface area contributed by atoms with Gasteiger partial charge in [-0.2, -0.15) is 0 Å². The van der Waals surface area contributed by atoms with Gasteiger partial charge in [-0.05, 0) is 95.6 Å². The van der Waals surface area contributed by atoms with E-state index in [0.717, 1.165) is 83.9 Å². The summed E-state index contributed by atoms with van der Waals surface area (Å²) in [6, 6.07) is 50.6. The summed E-state index contributed by atoms with van der Waals surface area (Å²) in [5.74, 6) is 0. The van der Waals surface area contributed by atoms with Crippen molar-refractivity contribution in [1.82, 2.24) is 19.5 Å². The Morgan fingerprint density at radius 3 is 1.64 bits per heavy atom. The summed E-state index contributed by atoms with van der Waals surface area (Å²) >= 11 is 0. The van der Waals surface area contributed by atoms with Crippen LogP contribution in [0.3, 0.4) is 0 Å². The van der Waals surface area contributed by atoms with Crippen molar-refractivity contribution in [2.45, 2.75) is 0 Å². The van der Waals surface area contributed by atoms with Crippen LogP contribution in [-0.2, 0) is 17.1 Å². The Morgan fingerprint density at radius 2 is 1.00 bits per heavy atom.